The molecule has 0 fully saturated rings. The van der Waals surface area contributed by atoms with Crippen LogP contribution in [-0.4, -0.2) is 19.1 Å². The molecule has 30 heavy (non-hydrogen) atoms. The van der Waals surface area contributed by atoms with Crippen LogP contribution in [0.3, 0.4) is 0 Å². The van der Waals surface area contributed by atoms with Crippen molar-refractivity contribution in [3.63, 3.8) is 0 Å². The number of imidazole rings is 1. The fourth-order valence-electron chi connectivity index (χ4n) is 3.34. The molecular weight excluding hydrogens is 446 g/mol. The zero-order chi connectivity index (χ0) is 20.8. The summed E-state index contributed by atoms with van der Waals surface area (Å²) in [5.41, 5.74) is 1.65. The van der Waals surface area contributed by atoms with Gasteiger partial charge in [-0.25, -0.2) is 9.97 Å². The van der Waals surface area contributed by atoms with Crippen LogP contribution in [0.1, 0.15) is 12.4 Å². The van der Waals surface area contributed by atoms with Crippen LogP contribution in [0, 0.1) is 0 Å². The lowest BCUT2D eigenvalue weighted by Crippen LogP contribution is -2.19. The van der Waals surface area contributed by atoms with Gasteiger partial charge in [-0.3, -0.25) is 13.9 Å². The molecule has 0 aliphatic heterocycles. The maximum atomic E-state index is 13.7. The Hall–Kier alpha value is -2.56. The van der Waals surface area contributed by atoms with Gasteiger partial charge in [0, 0.05) is 22.9 Å². The molecule has 0 aliphatic carbocycles. The maximum Gasteiger partial charge on any atom is 0.320 e. The first-order chi connectivity index (χ1) is 14.5. The average molecular weight is 461 g/mol. The molecule has 5 rings (SSSR count). The summed E-state index contributed by atoms with van der Waals surface area (Å²) in [7, 11) is 1.66. The molecule has 0 atom stereocenters. The number of hydrogen-bond acceptors (Lipinski definition) is 6. The molecule has 0 saturated carbocycles. The van der Waals surface area contributed by atoms with Gasteiger partial charge in [0.2, 0.25) is 0 Å². The normalized spacial score (nSPS) is 11.9. The third-order valence-corrected chi connectivity index (χ3v) is 7.56. The largest absolute Gasteiger partial charge is 0.320 e. The summed E-state index contributed by atoms with van der Waals surface area (Å²) in [5, 5.41) is 4.97. The van der Waals surface area contributed by atoms with Gasteiger partial charge in [-0.1, -0.05) is 30.0 Å². The molecule has 0 amide bonds. The van der Waals surface area contributed by atoms with Gasteiger partial charge in [0.25, 0.3) is 5.56 Å². The second kappa shape index (κ2) is 7.60. The lowest BCUT2D eigenvalue weighted by molar-refractivity contribution is 0.0722. The topological polar surface area (TPSA) is 52.7 Å². The molecule has 5 nitrogen and oxygen atoms in total. The molecule has 0 unspecified atom stereocenters. The predicted octanol–water partition coefficient (Wildman–Crippen LogP) is 5.76. The summed E-state index contributed by atoms with van der Waals surface area (Å²) < 4.78 is 29.7. The Kier molecular flexibility index (Phi) is 4.92. The van der Waals surface area contributed by atoms with Crippen molar-refractivity contribution in [2.75, 3.05) is 0 Å². The zero-order valence-electron chi connectivity index (χ0n) is 15.6. The van der Waals surface area contributed by atoms with E-state index >= 15 is 0 Å². The Labute approximate surface area is 181 Å². The predicted molar refractivity (Wildman–Crippen MR) is 119 cm³/mol. The molecule has 0 spiro atoms. The lowest BCUT2D eigenvalue weighted by Gasteiger charge is -2.09. The first kappa shape index (κ1) is 19.4. The van der Waals surface area contributed by atoms with Gasteiger partial charge < -0.3 is 0 Å². The van der Waals surface area contributed by atoms with E-state index < -0.39 is 6.55 Å². The summed E-state index contributed by atoms with van der Waals surface area (Å²) in [6.07, 6.45) is 0. The molecule has 0 N–H and O–H groups in total. The quantitative estimate of drug-likeness (QED) is 0.247. The van der Waals surface area contributed by atoms with Crippen LogP contribution >= 0.6 is 34.4 Å². The number of hydrogen-bond donors (Lipinski definition) is 0. The second-order valence-corrected chi connectivity index (χ2v) is 9.27. The van der Waals surface area contributed by atoms with Crippen LogP contribution in [0.5, 0.6) is 0 Å². The Bertz CT molecular complexity index is 1420. The van der Waals surface area contributed by atoms with Gasteiger partial charge in [-0.2, -0.15) is 8.78 Å². The number of thioether (sulfide) groups is 1. The first-order valence-corrected chi connectivity index (χ1v) is 11.7. The van der Waals surface area contributed by atoms with Crippen molar-refractivity contribution >= 4 is 55.7 Å². The summed E-state index contributed by atoms with van der Waals surface area (Å²) in [5.74, 6) is 0.421. The van der Waals surface area contributed by atoms with Crippen molar-refractivity contribution in [2.45, 2.75) is 17.5 Å². The van der Waals surface area contributed by atoms with Crippen molar-refractivity contribution in [3.05, 3.63) is 63.3 Å². The highest BCUT2D eigenvalue weighted by atomic mass is 32.2. The standard InChI is InChI=1S/C20H14F2N4OS3/c1-25-18(27)16-11(14-7-4-8-28-14)9-29-17(16)24-20(25)30-10-15-23-12-5-2-3-6-13(12)26(15)19(21)22/h2-9,19H,10H2,1H3. The fourth-order valence-corrected chi connectivity index (χ4v) is 6.04. The van der Waals surface area contributed by atoms with E-state index in [1.54, 1.807) is 42.6 Å². The Morgan fingerprint density at radius 1 is 1.13 bits per heavy atom. The van der Waals surface area contributed by atoms with Crippen molar-refractivity contribution in [3.8, 4) is 10.4 Å². The lowest BCUT2D eigenvalue weighted by atomic mass is 10.2. The smallest absolute Gasteiger partial charge is 0.290 e. The SMILES string of the molecule is Cn1c(SCc2nc3ccccc3n2C(F)F)nc2scc(-c3cccs3)c2c1=O. The third-order valence-electron chi connectivity index (χ3n) is 4.76. The minimum absolute atomic E-state index is 0.144. The van der Waals surface area contributed by atoms with Gasteiger partial charge >= 0.3 is 6.55 Å². The summed E-state index contributed by atoms with van der Waals surface area (Å²) >= 11 is 4.21. The number of para-hydroxylation sites is 2. The van der Waals surface area contributed by atoms with Crippen molar-refractivity contribution in [2.24, 2.45) is 7.05 Å². The van der Waals surface area contributed by atoms with E-state index in [4.69, 9.17) is 0 Å². The number of alkyl halides is 2. The number of rotatable bonds is 5. The highest BCUT2D eigenvalue weighted by Gasteiger charge is 2.20. The van der Waals surface area contributed by atoms with E-state index in [2.05, 4.69) is 9.97 Å². The molecule has 0 aliphatic rings. The zero-order valence-corrected chi connectivity index (χ0v) is 18.0. The fraction of sp³-hybridized carbons (Fsp3) is 0.150. The Morgan fingerprint density at radius 3 is 2.73 bits per heavy atom. The molecule has 5 aromatic rings. The Balaban J connectivity index is 1.53. The van der Waals surface area contributed by atoms with E-state index in [0.29, 0.717) is 26.4 Å². The monoisotopic (exact) mass is 460 g/mol. The molecule has 4 heterocycles. The van der Waals surface area contributed by atoms with Gasteiger partial charge in [0.15, 0.2) is 5.16 Å². The van der Waals surface area contributed by atoms with Crippen LogP contribution in [0.15, 0.2) is 57.1 Å². The summed E-state index contributed by atoms with van der Waals surface area (Å²) in [4.78, 5) is 23.7. The number of nitrogens with zero attached hydrogens (tertiary/aromatic N) is 4. The van der Waals surface area contributed by atoms with E-state index in [1.165, 1.54) is 27.7 Å². The third kappa shape index (κ3) is 3.15. The average Bonchev–Trinajstić information content (AvgIpc) is 3.46. The number of benzene rings is 1. The second-order valence-electron chi connectivity index (χ2n) is 6.52. The van der Waals surface area contributed by atoms with E-state index in [1.807, 2.05) is 22.9 Å². The minimum Gasteiger partial charge on any atom is -0.290 e. The van der Waals surface area contributed by atoms with Crippen molar-refractivity contribution in [1.82, 2.24) is 19.1 Å². The summed E-state index contributed by atoms with van der Waals surface area (Å²) in [6, 6.07) is 10.7. The van der Waals surface area contributed by atoms with Crippen LogP contribution in [-0.2, 0) is 12.8 Å². The van der Waals surface area contributed by atoms with Crippen molar-refractivity contribution < 1.29 is 8.78 Å². The van der Waals surface area contributed by atoms with Gasteiger partial charge in [0.05, 0.1) is 22.2 Å². The van der Waals surface area contributed by atoms with Gasteiger partial charge in [-0.05, 0) is 23.6 Å². The Morgan fingerprint density at radius 2 is 1.97 bits per heavy atom. The van der Waals surface area contributed by atoms with Crippen LogP contribution in [0.25, 0.3) is 31.7 Å². The molecule has 152 valence electrons. The number of thiophene rings is 2. The van der Waals surface area contributed by atoms with E-state index in [-0.39, 0.29) is 17.1 Å². The van der Waals surface area contributed by atoms with Gasteiger partial charge in [-0.15, -0.1) is 22.7 Å². The van der Waals surface area contributed by atoms with E-state index in [0.717, 1.165) is 15.0 Å². The van der Waals surface area contributed by atoms with Crippen LogP contribution in [0.4, 0.5) is 8.78 Å². The minimum atomic E-state index is -2.70. The number of fused-ring (bicyclic) bond motifs is 2. The molecule has 1 aromatic carbocycles. The molecular formula is C20H14F2N4OS3. The molecule has 0 saturated heterocycles. The van der Waals surface area contributed by atoms with Crippen LogP contribution < -0.4 is 5.56 Å². The number of halogens is 2. The van der Waals surface area contributed by atoms with E-state index in [9.17, 15) is 13.6 Å². The number of aromatic nitrogens is 4. The molecule has 0 bridgehead atoms. The molecule has 0 radical (unpaired) electrons. The van der Waals surface area contributed by atoms with Crippen LogP contribution in [0.2, 0.25) is 0 Å². The first-order valence-electron chi connectivity index (χ1n) is 8.93. The maximum absolute atomic E-state index is 13.7. The highest BCUT2D eigenvalue weighted by Crippen LogP contribution is 2.35. The molecule has 4 aromatic heterocycles. The molecule has 10 heteroatoms. The highest BCUT2D eigenvalue weighted by molar-refractivity contribution is 7.98. The van der Waals surface area contributed by atoms with Gasteiger partial charge in [0.1, 0.15) is 10.7 Å². The summed E-state index contributed by atoms with van der Waals surface area (Å²) in [6.45, 7) is -2.70. The van der Waals surface area contributed by atoms with Crippen molar-refractivity contribution in [1.29, 1.82) is 0 Å².